The van der Waals surface area contributed by atoms with E-state index in [1.807, 2.05) is 6.07 Å². The Morgan fingerprint density at radius 2 is 2.12 bits per heavy atom. The number of unbranched alkanes of at least 4 members (excludes halogenated alkanes) is 1. The highest BCUT2D eigenvalue weighted by Crippen LogP contribution is 2.20. The van der Waals surface area contributed by atoms with Gasteiger partial charge in [0.25, 0.3) is 6.43 Å². The maximum Gasteiger partial charge on any atom is 0.326 e. The molecule has 0 radical (unpaired) electrons. The number of nitrogens with zero attached hydrogens (tertiary/aromatic N) is 4. The Balaban J connectivity index is 1.46. The second-order valence-corrected chi connectivity index (χ2v) is 7.91. The molecule has 3 N–H and O–H groups in total. The number of aromatic nitrogens is 3. The Hall–Kier alpha value is -2.88. The highest BCUT2D eigenvalue weighted by atomic mass is 19.3. The average molecular weight is 449 g/mol. The molecule has 0 amide bonds. The van der Waals surface area contributed by atoms with Crippen molar-refractivity contribution in [2.45, 2.75) is 51.0 Å². The van der Waals surface area contributed by atoms with E-state index in [0.717, 1.165) is 50.2 Å². The molecule has 3 rings (SSSR count). The van der Waals surface area contributed by atoms with Gasteiger partial charge in [0.2, 0.25) is 0 Å². The fourth-order valence-corrected chi connectivity index (χ4v) is 3.76. The fraction of sp³-hybridized carbons (Fsp3) is 0.545. The van der Waals surface area contributed by atoms with Crippen LogP contribution in [0.4, 0.5) is 20.4 Å². The molecule has 2 aromatic rings. The zero-order chi connectivity index (χ0) is 22.8. The second-order valence-electron chi connectivity index (χ2n) is 7.91. The molecule has 1 aliphatic rings. The number of carbonyl (C=O) groups is 1. The van der Waals surface area contributed by atoms with Crippen LogP contribution in [0.5, 0.6) is 0 Å². The van der Waals surface area contributed by atoms with Crippen LogP contribution in [0.25, 0.3) is 0 Å². The Morgan fingerprint density at radius 1 is 1.25 bits per heavy atom. The van der Waals surface area contributed by atoms with E-state index in [-0.39, 0.29) is 19.5 Å². The molecule has 0 unspecified atom stereocenters. The molecule has 174 valence electrons. The first kappa shape index (κ1) is 23.8. The number of nitrogens with one attached hydrogen (secondary N) is 2. The minimum Gasteiger partial charge on any atom is -0.480 e. The quantitative estimate of drug-likeness (QED) is 0.402. The molecule has 0 saturated carbocycles. The van der Waals surface area contributed by atoms with Crippen LogP contribution in [0.1, 0.15) is 36.9 Å². The van der Waals surface area contributed by atoms with Crippen molar-refractivity contribution in [1.29, 1.82) is 0 Å². The van der Waals surface area contributed by atoms with Crippen molar-refractivity contribution < 1.29 is 18.7 Å². The van der Waals surface area contributed by atoms with E-state index >= 15 is 0 Å². The summed E-state index contributed by atoms with van der Waals surface area (Å²) in [4.78, 5) is 25.6. The zero-order valence-corrected chi connectivity index (χ0v) is 18.0. The Bertz CT molecular complexity index is 856. The number of anilines is 2. The van der Waals surface area contributed by atoms with E-state index in [9.17, 15) is 18.7 Å². The summed E-state index contributed by atoms with van der Waals surface area (Å²) in [5.41, 5.74) is 2.24. The van der Waals surface area contributed by atoms with Crippen LogP contribution in [0.15, 0.2) is 30.7 Å². The van der Waals surface area contributed by atoms with Gasteiger partial charge in [-0.05, 0) is 62.8 Å². The van der Waals surface area contributed by atoms with E-state index < -0.39 is 18.4 Å². The van der Waals surface area contributed by atoms with Crippen molar-refractivity contribution in [2.24, 2.45) is 0 Å². The topological polar surface area (TPSA) is 103 Å². The van der Waals surface area contributed by atoms with Crippen LogP contribution in [0.3, 0.4) is 0 Å². The molecule has 1 aliphatic heterocycles. The molecule has 0 saturated heterocycles. The number of aryl methyl sites for hydroxylation is 2. The van der Waals surface area contributed by atoms with Gasteiger partial charge in [0.1, 0.15) is 24.0 Å². The number of rotatable bonds is 13. The Kier molecular flexibility index (Phi) is 9.09. The van der Waals surface area contributed by atoms with Gasteiger partial charge < -0.3 is 15.7 Å². The van der Waals surface area contributed by atoms with Crippen molar-refractivity contribution in [1.82, 2.24) is 19.9 Å². The van der Waals surface area contributed by atoms with Gasteiger partial charge >= 0.3 is 5.97 Å². The summed E-state index contributed by atoms with van der Waals surface area (Å²) >= 11 is 0. The summed E-state index contributed by atoms with van der Waals surface area (Å²) in [5, 5.41) is 15.6. The number of alkyl halides is 2. The zero-order valence-electron chi connectivity index (χ0n) is 18.0. The third-order valence-corrected chi connectivity index (χ3v) is 5.44. The minimum atomic E-state index is -2.47. The molecule has 8 nitrogen and oxygen atoms in total. The first-order valence-electron chi connectivity index (χ1n) is 11.0. The fourth-order valence-electron chi connectivity index (χ4n) is 3.76. The highest BCUT2D eigenvalue weighted by Gasteiger charge is 2.20. The van der Waals surface area contributed by atoms with Gasteiger partial charge in [0, 0.05) is 25.0 Å². The summed E-state index contributed by atoms with van der Waals surface area (Å²) in [6, 6.07) is 4.80. The molecule has 0 bridgehead atoms. The molecule has 0 spiro atoms. The van der Waals surface area contributed by atoms with Crippen LogP contribution in [0, 0.1) is 0 Å². The number of fused-ring (bicyclic) bond motifs is 1. The third-order valence-electron chi connectivity index (χ3n) is 5.44. The number of hydrogen-bond acceptors (Lipinski definition) is 7. The van der Waals surface area contributed by atoms with Gasteiger partial charge in [0.15, 0.2) is 0 Å². The average Bonchev–Trinajstić information content (AvgIpc) is 2.79. The summed E-state index contributed by atoms with van der Waals surface area (Å²) in [6.07, 6.45) is 5.04. The van der Waals surface area contributed by atoms with E-state index in [4.69, 9.17) is 0 Å². The smallest absolute Gasteiger partial charge is 0.326 e. The molecule has 2 aromatic heterocycles. The summed E-state index contributed by atoms with van der Waals surface area (Å²) in [5.74, 6) is 0.302. The SMILES string of the molecule is O=C(O)[C@H](CCN(CCCCc1ccc2c(n1)NCCC2)CC(F)F)Nc1ccncn1. The van der Waals surface area contributed by atoms with Crippen molar-refractivity contribution in [3.8, 4) is 0 Å². The number of halogens is 2. The number of aliphatic carboxylic acids is 1. The Labute approximate surface area is 186 Å². The normalized spacial score (nSPS) is 14.1. The van der Waals surface area contributed by atoms with Crippen molar-refractivity contribution in [3.63, 3.8) is 0 Å². The largest absolute Gasteiger partial charge is 0.480 e. The van der Waals surface area contributed by atoms with Gasteiger partial charge in [0.05, 0.1) is 6.54 Å². The van der Waals surface area contributed by atoms with E-state index in [0.29, 0.717) is 12.4 Å². The van der Waals surface area contributed by atoms with Crippen LogP contribution in [0.2, 0.25) is 0 Å². The van der Waals surface area contributed by atoms with Crippen molar-refractivity contribution in [2.75, 3.05) is 36.8 Å². The van der Waals surface area contributed by atoms with Gasteiger partial charge in [-0.3, -0.25) is 4.90 Å². The summed E-state index contributed by atoms with van der Waals surface area (Å²) in [6.45, 7) is 1.30. The lowest BCUT2D eigenvalue weighted by Crippen LogP contribution is -2.37. The second kappa shape index (κ2) is 12.2. The van der Waals surface area contributed by atoms with Crippen LogP contribution < -0.4 is 10.6 Å². The van der Waals surface area contributed by atoms with Gasteiger partial charge in [-0.1, -0.05) is 6.07 Å². The molecule has 10 heteroatoms. The first-order valence-corrected chi connectivity index (χ1v) is 11.0. The lowest BCUT2D eigenvalue weighted by atomic mass is 10.1. The lowest BCUT2D eigenvalue weighted by Gasteiger charge is -2.24. The van der Waals surface area contributed by atoms with Crippen molar-refractivity contribution >= 4 is 17.6 Å². The summed E-state index contributed by atoms with van der Waals surface area (Å²) in [7, 11) is 0. The van der Waals surface area contributed by atoms with Gasteiger partial charge in [-0.15, -0.1) is 0 Å². The predicted octanol–water partition coefficient (Wildman–Crippen LogP) is 3.07. The molecule has 0 fully saturated rings. The standard InChI is InChI=1S/C22H30F2N6O2/c23-19(24)14-30(13-9-18(22(31)32)29-20-8-11-25-15-27-20)12-2-1-5-17-7-6-16-4-3-10-26-21(16)28-17/h6-8,11,15,18-19H,1-5,9-10,12-14H2,(H,26,28)(H,31,32)(H,25,27,29)/t18-/m0/s1. The van der Waals surface area contributed by atoms with Gasteiger partial charge in [-0.25, -0.2) is 28.5 Å². The minimum absolute atomic E-state index is 0.185. The highest BCUT2D eigenvalue weighted by molar-refractivity contribution is 5.76. The molecular formula is C22H30F2N6O2. The molecule has 32 heavy (non-hydrogen) atoms. The van der Waals surface area contributed by atoms with Crippen LogP contribution in [-0.2, 0) is 17.6 Å². The van der Waals surface area contributed by atoms with Crippen molar-refractivity contribution in [3.05, 3.63) is 42.0 Å². The number of carboxylic acids is 1. The van der Waals surface area contributed by atoms with Crippen LogP contribution >= 0.6 is 0 Å². The Morgan fingerprint density at radius 3 is 2.88 bits per heavy atom. The van der Waals surface area contributed by atoms with E-state index in [2.05, 4.69) is 31.7 Å². The lowest BCUT2D eigenvalue weighted by molar-refractivity contribution is -0.138. The number of carboxylic acid groups (broad SMARTS) is 1. The van der Waals surface area contributed by atoms with E-state index in [1.165, 1.54) is 18.1 Å². The maximum absolute atomic E-state index is 13.0. The number of pyridine rings is 1. The molecule has 1 atom stereocenters. The monoisotopic (exact) mass is 448 g/mol. The molecule has 0 aromatic carbocycles. The van der Waals surface area contributed by atoms with Gasteiger partial charge in [-0.2, -0.15) is 0 Å². The molecular weight excluding hydrogens is 418 g/mol. The first-order chi connectivity index (χ1) is 15.5. The maximum atomic E-state index is 13.0. The van der Waals surface area contributed by atoms with Crippen LogP contribution in [-0.4, -0.2) is 69.6 Å². The number of hydrogen-bond donors (Lipinski definition) is 3. The van der Waals surface area contributed by atoms with E-state index in [1.54, 1.807) is 11.0 Å². The molecule has 0 aliphatic carbocycles. The summed E-state index contributed by atoms with van der Waals surface area (Å²) < 4.78 is 26.1. The predicted molar refractivity (Wildman–Crippen MR) is 118 cm³/mol. The third kappa shape index (κ3) is 7.67. The molecule has 3 heterocycles.